The second-order valence-electron chi connectivity index (χ2n) is 4.07. The fraction of sp³-hybridized carbons (Fsp3) is 0.462. The number of benzene rings is 1. The smallest absolute Gasteiger partial charge is 0.222 e. The van der Waals surface area contributed by atoms with Crippen LogP contribution in [0.2, 0.25) is 0 Å². The molecule has 0 saturated heterocycles. The summed E-state index contributed by atoms with van der Waals surface area (Å²) in [5.74, 6) is 0.386. The van der Waals surface area contributed by atoms with Gasteiger partial charge in [0.15, 0.2) is 0 Å². The number of halogens is 1. The maximum atomic E-state index is 11.8. The van der Waals surface area contributed by atoms with E-state index >= 15 is 0 Å². The maximum Gasteiger partial charge on any atom is 0.222 e. The SMILES string of the molecule is CN(Cc1cccc(O)c1)C(=O)CCCCBr. The molecule has 1 N–H and O–H groups in total. The predicted molar refractivity (Wildman–Crippen MR) is 72.2 cm³/mol. The number of hydrogen-bond donors (Lipinski definition) is 1. The predicted octanol–water partition coefficient (Wildman–Crippen LogP) is 2.92. The Morgan fingerprint density at radius 2 is 2.18 bits per heavy atom. The monoisotopic (exact) mass is 299 g/mol. The first-order valence-electron chi connectivity index (χ1n) is 5.71. The van der Waals surface area contributed by atoms with Crippen LogP contribution in [-0.4, -0.2) is 28.3 Å². The maximum absolute atomic E-state index is 11.8. The summed E-state index contributed by atoms with van der Waals surface area (Å²) in [6.07, 6.45) is 2.51. The van der Waals surface area contributed by atoms with Crippen LogP contribution in [0.5, 0.6) is 5.75 Å². The van der Waals surface area contributed by atoms with E-state index < -0.39 is 0 Å². The Morgan fingerprint density at radius 1 is 1.41 bits per heavy atom. The van der Waals surface area contributed by atoms with Crippen LogP contribution in [0.3, 0.4) is 0 Å². The van der Waals surface area contributed by atoms with Crippen LogP contribution < -0.4 is 0 Å². The highest BCUT2D eigenvalue weighted by atomic mass is 79.9. The number of carbonyl (C=O) groups excluding carboxylic acids is 1. The first-order valence-corrected chi connectivity index (χ1v) is 6.83. The van der Waals surface area contributed by atoms with Gasteiger partial charge in [0.2, 0.25) is 5.91 Å². The Morgan fingerprint density at radius 3 is 2.82 bits per heavy atom. The van der Waals surface area contributed by atoms with E-state index in [1.807, 2.05) is 6.07 Å². The Bertz CT molecular complexity index is 368. The van der Waals surface area contributed by atoms with E-state index in [0.717, 1.165) is 23.7 Å². The molecule has 0 saturated carbocycles. The van der Waals surface area contributed by atoms with E-state index in [2.05, 4.69) is 15.9 Å². The molecule has 17 heavy (non-hydrogen) atoms. The van der Waals surface area contributed by atoms with Crippen LogP contribution in [0.25, 0.3) is 0 Å². The van der Waals surface area contributed by atoms with Gasteiger partial charge in [0.25, 0.3) is 0 Å². The molecule has 0 bridgehead atoms. The van der Waals surface area contributed by atoms with Crippen molar-refractivity contribution in [2.24, 2.45) is 0 Å². The number of rotatable bonds is 6. The molecule has 94 valence electrons. The minimum atomic E-state index is 0.147. The highest BCUT2D eigenvalue weighted by molar-refractivity contribution is 9.09. The lowest BCUT2D eigenvalue weighted by Crippen LogP contribution is -2.25. The summed E-state index contributed by atoms with van der Waals surface area (Å²) in [7, 11) is 1.79. The average Bonchev–Trinajstić information content (AvgIpc) is 2.29. The second kappa shape index (κ2) is 7.33. The van der Waals surface area contributed by atoms with Gasteiger partial charge in [-0.1, -0.05) is 28.1 Å². The van der Waals surface area contributed by atoms with Crippen molar-refractivity contribution in [2.75, 3.05) is 12.4 Å². The lowest BCUT2D eigenvalue weighted by Gasteiger charge is -2.17. The molecular weight excluding hydrogens is 282 g/mol. The highest BCUT2D eigenvalue weighted by Crippen LogP contribution is 2.13. The molecule has 0 aliphatic heterocycles. The molecule has 0 atom stereocenters. The summed E-state index contributed by atoms with van der Waals surface area (Å²) in [6, 6.07) is 7.00. The number of aromatic hydroxyl groups is 1. The van der Waals surface area contributed by atoms with E-state index in [1.54, 1.807) is 30.1 Å². The fourth-order valence-electron chi connectivity index (χ4n) is 1.58. The van der Waals surface area contributed by atoms with Crippen LogP contribution in [0.1, 0.15) is 24.8 Å². The second-order valence-corrected chi connectivity index (χ2v) is 4.86. The zero-order valence-electron chi connectivity index (χ0n) is 10.0. The number of alkyl halides is 1. The van der Waals surface area contributed by atoms with Crippen molar-refractivity contribution in [3.05, 3.63) is 29.8 Å². The normalized spacial score (nSPS) is 10.2. The van der Waals surface area contributed by atoms with Gasteiger partial charge in [-0.05, 0) is 30.5 Å². The minimum absolute atomic E-state index is 0.147. The van der Waals surface area contributed by atoms with Crippen molar-refractivity contribution in [1.29, 1.82) is 0 Å². The first kappa shape index (κ1) is 14.0. The van der Waals surface area contributed by atoms with Gasteiger partial charge in [-0.25, -0.2) is 0 Å². The van der Waals surface area contributed by atoms with Crippen molar-refractivity contribution in [1.82, 2.24) is 4.90 Å². The largest absolute Gasteiger partial charge is 0.508 e. The molecule has 1 aromatic carbocycles. The van der Waals surface area contributed by atoms with Gasteiger partial charge >= 0.3 is 0 Å². The van der Waals surface area contributed by atoms with Gasteiger partial charge in [-0.15, -0.1) is 0 Å². The Labute approximate surface area is 111 Å². The number of phenols is 1. The van der Waals surface area contributed by atoms with Crippen LogP contribution in [0.15, 0.2) is 24.3 Å². The summed E-state index contributed by atoms with van der Waals surface area (Å²) in [4.78, 5) is 13.5. The summed E-state index contributed by atoms with van der Waals surface area (Å²) >= 11 is 3.35. The van der Waals surface area contributed by atoms with Crippen LogP contribution >= 0.6 is 15.9 Å². The zero-order valence-corrected chi connectivity index (χ0v) is 11.6. The van der Waals surface area contributed by atoms with Gasteiger partial charge in [-0.2, -0.15) is 0 Å². The van der Waals surface area contributed by atoms with Crippen molar-refractivity contribution in [3.63, 3.8) is 0 Å². The van der Waals surface area contributed by atoms with Crippen molar-refractivity contribution < 1.29 is 9.90 Å². The first-order chi connectivity index (χ1) is 8.13. The molecule has 3 nitrogen and oxygen atoms in total. The van der Waals surface area contributed by atoms with Gasteiger partial charge in [0.05, 0.1) is 0 Å². The Balaban J connectivity index is 2.43. The number of amides is 1. The van der Waals surface area contributed by atoms with E-state index in [4.69, 9.17) is 0 Å². The Kier molecular flexibility index (Phi) is 6.05. The summed E-state index contributed by atoms with van der Waals surface area (Å²) in [6.45, 7) is 0.543. The molecule has 4 heteroatoms. The molecule has 1 aromatic rings. The standard InChI is InChI=1S/C13H18BrNO2/c1-15(13(17)7-2-3-8-14)10-11-5-4-6-12(16)9-11/h4-6,9,16H,2-3,7-8,10H2,1H3. The van der Waals surface area contributed by atoms with Crippen molar-refractivity contribution in [2.45, 2.75) is 25.8 Å². The van der Waals surface area contributed by atoms with E-state index in [-0.39, 0.29) is 11.7 Å². The molecule has 0 aromatic heterocycles. The van der Waals surface area contributed by atoms with Crippen molar-refractivity contribution in [3.8, 4) is 5.75 Å². The molecule has 1 rings (SSSR count). The number of nitrogens with zero attached hydrogens (tertiary/aromatic N) is 1. The minimum Gasteiger partial charge on any atom is -0.508 e. The summed E-state index contributed by atoms with van der Waals surface area (Å²) < 4.78 is 0. The third-order valence-corrected chi connectivity index (χ3v) is 3.09. The van der Waals surface area contributed by atoms with Gasteiger partial charge in [-0.3, -0.25) is 4.79 Å². The number of phenolic OH excluding ortho intramolecular Hbond substituents is 1. The summed E-state index contributed by atoms with van der Waals surface area (Å²) in [5.41, 5.74) is 0.946. The number of carbonyl (C=O) groups is 1. The highest BCUT2D eigenvalue weighted by Gasteiger charge is 2.08. The molecule has 0 spiro atoms. The molecule has 0 unspecified atom stereocenters. The molecule has 1 amide bonds. The zero-order chi connectivity index (χ0) is 12.7. The molecule has 0 aliphatic carbocycles. The Hall–Kier alpha value is -1.03. The van der Waals surface area contributed by atoms with E-state index in [9.17, 15) is 9.90 Å². The van der Waals surface area contributed by atoms with Crippen molar-refractivity contribution >= 4 is 21.8 Å². The molecular formula is C13H18BrNO2. The lowest BCUT2D eigenvalue weighted by atomic mass is 10.2. The van der Waals surface area contributed by atoms with E-state index in [0.29, 0.717) is 13.0 Å². The third-order valence-electron chi connectivity index (χ3n) is 2.53. The third kappa shape index (κ3) is 5.22. The molecule has 0 aliphatic rings. The van der Waals surface area contributed by atoms with Crippen LogP contribution in [-0.2, 0) is 11.3 Å². The summed E-state index contributed by atoms with van der Waals surface area (Å²) in [5, 5.41) is 10.3. The topological polar surface area (TPSA) is 40.5 Å². The van der Waals surface area contributed by atoms with E-state index in [1.165, 1.54) is 0 Å². The van der Waals surface area contributed by atoms with Gasteiger partial charge < -0.3 is 10.0 Å². The molecule has 0 heterocycles. The molecule has 0 fully saturated rings. The fourth-order valence-corrected chi connectivity index (χ4v) is 1.97. The van der Waals surface area contributed by atoms with Gasteiger partial charge in [0.1, 0.15) is 5.75 Å². The average molecular weight is 300 g/mol. The molecule has 0 radical (unpaired) electrons. The van der Waals surface area contributed by atoms with Gasteiger partial charge in [0, 0.05) is 25.3 Å². The number of hydrogen-bond acceptors (Lipinski definition) is 2. The van der Waals surface area contributed by atoms with Crippen LogP contribution in [0.4, 0.5) is 0 Å². The number of unbranched alkanes of at least 4 members (excludes halogenated alkanes) is 1. The quantitative estimate of drug-likeness (QED) is 0.648. The van der Waals surface area contributed by atoms with Crippen LogP contribution in [0, 0.1) is 0 Å². The lowest BCUT2D eigenvalue weighted by molar-refractivity contribution is -0.130.